The van der Waals surface area contributed by atoms with Gasteiger partial charge in [-0.2, -0.15) is 0 Å². The first-order valence-electron chi connectivity index (χ1n) is 17.7. The van der Waals surface area contributed by atoms with E-state index < -0.39 is 113 Å². The quantitative estimate of drug-likeness (QED) is 0.256. The van der Waals surface area contributed by atoms with E-state index in [9.17, 15) is 39.3 Å². The molecule has 1 aromatic rings. The lowest BCUT2D eigenvalue weighted by molar-refractivity contribution is -0.161. The Kier molecular flexibility index (Phi) is 13.3. The van der Waals surface area contributed by atoms with Gasteiger partial charge >= 0.3 is 17.9 Å². The molecule has 1 aliphatic carbocycles. The molecule has 4 bridgehead atoms. The molecule has 1 amide bonds. The maximum atomic E-state index is 14.1. The van der Waals surface area contributed by atoms with E-state index >= 15 is 0 Å². The minimum Gasteiger partial charge on any atom is -0.507 e. The van der Waals surface area contributed by atoms with Gasteiger partial charge in [0.2, 0.25) is 5.78 Å². The van der Waals surface area contributed by atoms with Gasteiger partial charge in [-0.1, -0.05) is 45.9 Å². The fraction of sp³-hybridized carbons (Fsp3) is 0.513. The number of carbonyl (C=O) groups excluding carboxylic acids is 5. The number of benzene rings is 1. The Morgan fingerprint density at radius 1 is 1.00 bits per heavy atom. The third kappa shape index (κ3) is 8.28. The Balaban J connectivity index is 1.95. The average Bonchev–Trinajstić information content (AvgIpc) is 3.50. The molecule has 3 aliphatic heterocycles. The Labute approximate surface area is 313 Å². The second-order valence-corrected chi connectivity index (χ2v) is 13.8. The summed E-state index contributed by atoms with van der Waals surface area (Å²) in [7, 11) is 1.39. The fourth-order valence-corrected chi connectivity index (χ4v) is 6.99. The summed E-state index contributed by atoms with van der Waals surface area (Å²) in [6, 6.07) is 0. The molecule has 0 aromatic heterocycles. The number of phenolic OH excluding ortho intramolecular Hbond substituents is 1. The number of aliphatic hydroxyl groups is 2. The van der Waals surface area contributed by atoms with Gasteiger partial charge in [-0.25, -0.2) is 9.59 Å². The van der Waals surface area contributed by atoms with Gasteiger partial charge in [-0.05, 0) is 26.8 Å². The van der Waals surface area contributed by atoms with E-state index in [1.165, 1.54) is 46.1 Å². The van der Waals surface area contributed by atoms with Gasteiger partial charge in [0, 0.05) is 54.9 Å². The lowest BCUT2D eigenvalue weighted by atomic mass is 9.78. The zero-order chi connectivity index (χ0) is 40.2. The summed E-state index contributed by atoms with van der Waals surface area (Å²) in [5, 5.41) is 36.6. The lowest BCUT2D eigenvalue weighted by Crippen LogP contribution is -2.46. The zero-order valence-electron chi connectivity index (χ0n) is 31.8. The summed E-state index contributed by atoms with van der Waals surface area (Å²) in [5.74, 6) is -9.88. The number of phenols is 1. The van der Waals surface area contributed by atoms with Crippen LogP contribution >= 0.6 is 0 Å². The summed E-state index contributed by atoms with van der Waals surface area (Å²) >= 11 is 0. The molecule has 9 atom stereocenters. The van der Waals surface area contributed by atoms with Gasteiger partial charge in [-0.15, -0.1) is 0 Å². The van der Waals surface area contributed by atoms with Crippen LogP contribution in [-0.2, 0) is 43.9 Å². The summed E-state index contributed by atoms with van der Waals surface area (Å²) in [4.78, 5) is 66.4. The molecule has 1 aromatic carbocycles. The molecular formula is C39H49NO14. The molecule has 15 heteroatoms. The summed E-state index contributed by atoms with van der Waals surface area (Å²) in [6.45, 7) is 11.9. The predicted octanol–water partition coefficient (Wildman–Crippen LogP) is 3.42. The largest absolute Gasteiger partial charge is 0.507 e. The number of allylic oxidation sites excluding steroid dienone is 3. The van der Waals surface area contributed by atoms with Crippen molar-refractivity contribution in [2.45, 2.75) is 85.6 Å². The van der Waals surface area contributed by atoms with Crippen molar-refractivity contribution in [3.63, 3.8) is 0 Å². The third-order valence-electron chi connectivity index (χ3n) is 10.1. The Hall–Kier alpha value is -4.83. The molecule has 54 heavy (non-hydrogen) atoms. The van der Waals surface area contributed by atoms with E-state index in [-0.39, 0.29) is 29.1 Å². The Morgan fingerprint density at radius 2 is 1.69 bits per heavy atom. The smallest absolute Gasteiger partial charge is 0.347 e. The van der Waals surface area contributed by atoms with E-state index in [4.69, 9.17) is 28.4 Å². The van der Waals surface area contributed by atoms with Gasteiger partial charge in [0.15, 0.2) is 0 Å². The average molecular weight is 756 g/mol. The molecule has 4 aliphatic rings. The highest BCUT2D eigenvalue weighted by Gasteiger charge is 2.53. The van der Waals surface area contributed by atoms with E-state index in [0.717, 1.165) is 12.3 Å². The van der Waals surface area contributed by atoms with Crippen molar-refractivity contribution in [3.8, 4) is 11.5 Å². The molecule has 5 rings (SSSR count). The number of aliphatic hydroxyl groups excluding tert-OH is 2. The maximum absolute atomic E-state index is 14.1. The Morgan fingerprint density at radius 3 is 2.28 bits per heavy atom. The predicted molar refractivity (Wildman–Crippen MR) is 191 cm³/mol. The highest BCUT2D eigenvalue weighted by molar-refractivity contribution is 6.17. The number of nitrogens with one attached hydrogen (secondary N) is 1. The number of methoxy groups -OCH3 is 1. The second-order valence-electron chi connectivity index (χ2n) is 13.8. The van der Waals surface area contributed by atoms with Crippen LogP contribution in [0.4, 0.5) is 0 Å². The van der Waals surface area contributed by atoms with Gasteiger partial charge in [-0.3, -0.25) is 14.4 Å². The normalized spacial score (nSPS) is 33.2. The monoisotopic (exact) mass is 755 g/mol. The first-order chi connectivity index (χ1) is 25.4. The van der Waals surface area contributed by atoms with Crippen molar-refractivity contribution in [2.75, 3.05) is 20.3 Å². The summed E-state index contributed by atoms with van der Waals surface area (Å²) in [5.41, 5.74) is -1.56. The van der Waals surface area contributed by atoms with Gasteiger partial charge in [0.25, 0.3) is 11.7 Å². The second kappa shape index (κ2) is 17.1. The number of fused-ring (bicyclic) bond motifs is 14. The van der Waals surface area contributed by atoms with Gasteiger partial charge < -0.3 is 49.1 Å². The van der Waals surface area contributed by atoms with Crippen molar-refractivity contribution in [1.82, 2.24) is 5.32 Å². The fourth-order valence-electron chi connectivity index (χ4n) is 6.99. The highest BCUT2D eigenvalue weighted by atomic mass is 16.8. The number of Topliss-reactive ketones (excluding diaryl/α,β-unsaturated/α-hetero) is 1. The van der Waals surface area contributed by atoms with Crippen LogP contribution in [0.1, 0.15) is 80.3 Å². The van der Waals surface area contributed by atoms with Crippen LogP contribution in [0.3, 0.4) is 0 Å². The van der Waals surface area contributed by atoms with Crippen LogP contribution in [0.2, 0.25) is 0 Å². The number of ketones is 1. The maximum Gasteiger partial charge on any atom is 0.347 e. The van der Waals surface area contributed by atoms with Crippen molar-refractivity contribution in [2.24, 2.45) is 23.7 Å². The molecular weight excluding hydrogens is 706 g/mol. The number of carbonyl (C=O) groups is 5. The number of esters is 3. The third-order valence-corrected chi connectivity index (χ3v) is 10.1. The summed E-state index contributed by atoms with van der Waals surface area (Å²) < 4.78 is 34.1. The molecule has 1 spiro atoms. The topological polar surface area (TPSA) is 213 Å². The molecule has 15 nitrogen and oxygen atoms in total. The zero-order valence-corrected chi connectivity index (χ0v) is 31.8. The van der Waals surface area contributed by atoms with Crippen molar-refractivity contribution < 1.29 is 67.7 Å². The molecule has 3 heterocycles. The van der Waals surface area contributed by atoms with Crippen LogP contribution in [-0.4, -0.2) is 89.7 Å². The molecule has 294 valence electrons. The van der Waals surface area contributed by atoms with E-state index in [1.54, 1.807) is 40.7 Å². The SMILES string of the molecule is CCOc1c(C)c(O)c2c3c1C(=O)O/C=C/[C@H](OC)[C@@H](C)[C@@H](OC(C)=O)[C@H](C)[C@H](O)[C@H](C)[C@@H](O)[C@@H](C)/C=C/C=C(/C)C(=O)NC(=C[C@@]31OCC(=O)O1)C2=O. The van der Waals surface area contributed by atoms with Crippen LogP contribution in [0, 0.1) is 30.6 Å². The van der Waals surface area contributed by atoms with Crippen LogP contribution in [0.5, 0.6) is 11.5 Å². The minimum absolute atomic E-state index is 0.00718. The minimum atomic E-state index is -2.27. The number of amides is 1. The van der Waals surface area contributed by atoms with E-state index in [0.29, 0.717) is 0 Å². The summed E-state index contributed by atoms with van der Waals surface area (Å²) in [6.07, 6.45) is 4.05. The standard InChI is InChI=1S/C39H49NO14/c1-10-50-36-23(7)33(45)28-30-29(36)38(48)51-15-14-26(49-9)20(4)35(53-24(8)41)22(6)32(44)21(5)31(43)18(2)12-11-13-19(3)37(47)40-25(34(28)46)16-39(30)52-17-27(42)54-39/h11-16,18,20-22,26,31-32,35,43-45H,10,17H2,1-9H3,(H,40,47)/b12-11+,15-14+,19-13-/t18-,20+,21+,22+,26-,31-,32+,35+,39-/m0/s1. The highest BCUT2D eigenvalue weighted by Crippen LogP contribution is 2.50. The first-order valence-corrected chi connectivity index (χ1v) is 17.7. The molecule has 0 saturated carbocycles. The number of ether oxygens (including phenoxy) is 6. The molecule has 4 N–H and O–H groups in total. The Bertz CT molecular complexity index is 1790. The lowest BCUT2D eigenvalue weighted by Gasteiger charge is -2.38. The number of hydrogen-bond acceptors (Lipinski definition) is 14. The van der Waals surface area contributed by atoms with E-state index in [2.05, 4.69) is 5.32 Å². The van der Waals surface area contributed by atoms with Gasteiger partial charge in [0.1, 0.15) is 29.8 Å². The number of aromatic hydroxyl groups is 1. The van der Waals surface area contributed by atoms with Crippen LogP contribution < -0.4 is 10.1 Å². The van der Waals surface area contributed by atoms with Gasteiger partial charge in [0.05, 0.1) is 48.0 Å². The molecule has 0 radical (unpaired) electrons. The van der Waals surface area contributed by atoms with Crippen molar-refractivity contribution >= 4 is 29.6 Å². The van der Waals surface area contributed by atoms with Crippen molar-refractivity contribution in [3.05, 3.63) is 70.2 Å². The molecule has 0 unspecified atom stereocenters. The number of hydrogen-bond donors (Lipinski definition) is 4. The molecule has 1 saturated heterocycles. The van der Waals surface area contributed by atoms with Crippen molar-refractivity contribution in [1.29, 1.82) is 0 Å². The van der Waals surface area contributed by atoms with E-state index in [1.807, 2.05) is 0 Å². The van der Waals surface area contributed by atoms with Crippen LogP contribution in [0.25, 0.3) is 0 Å². The van der Waals surface area contributed by atoms with Crippen LogP contribution in [0.15, 0.2) is 47.9 Å². The first kappa shape index (κ1) is 41.9. The number of rotatable bonds is 4. The molecule has 1 fully saturated rings.